The molecule has 0 saturated heterocycles. The first-order valence-electron chi connectivity index (χ1n) is 6.07. The molecule has 100 valence electrons. The van der Waals surface area contributed by atoms with Crippen LogP contribution in [0.15, 0.2) is 35.1 Å². The second kappa shape index (κ2) is 6.65. The molecule has 0 aromatic carbocycles. The van der Waals surface area contributed by atoms with Gasteiger partial charge in [0.2, 0.25) is 5.91 Å². The third-order valence-electron chi connectivity index (χ3n) is 2.50. The predicted molar refractivity (Wildman–Crippen MR) is 70.4 cm³/mol. The van der Waals surface area contributed by atoms with Crippen LogP contribution in [0.5, 0.6) is 0 Å². The summed E-state index contributed by atoms with van der Waals surface area (Å²) in [5.74, 6) is 1.04. The molecule has 0 unspecified atom stereocenters. The number of hydrogen-bond acceptors (Lipinski definition) is 5. The number of amides is 1. The zero-order chi connectivity index (χ0) is 13.5. The smallest absolute Gasteiger partial charge is 0.226 e. The van der Waals surface area contributed by atoms with Crippen molar-refractivity contribution in [1.29, 1.82) is 0 Å². The van der Waals surface area contributed by atoms with Gasteiger partial charge < -0.3 is 15.2 Å². The fourth-order valence-electron chi connectivity index (χ4n) is 1.57. The minimum absolute atomic E-state index is 0.0875. The van der Waals surface area contributed by atoms with Gasteiger partial charge in [-0.25, -0.2) is 0 Å². The van der Waals surface area contributed by atoms with Crippen LogP contribution in [0.1, 0.15) is 17.7 Å². The van der Waals surface area contributed by atoms with Crippen LogP contribution < -0.4 is 10.6 Å². The highest BCUT2D eigenvalue weighted by molar-refractivity contribution is 5.89. The molecular formula is C13H16N4O2. The van der Waals surface area contributed by atoms with Crippen molar-refractivity contribution in [2.24, 2.45) is 0 Å². The topological polar surface area (TPSA) is 80.0 Å². The molecule has 2 aromatic heterocycles. The van der Waals surface area contributed by atoms with Crippen LogP contribution in [0, 0.1) is 6.92 Å². The monoisotopic (exact) mass is 260 g/mol. The van der Waals surface area contributed by atoms with Gasteiger partial charge >= 0.3 is 0 Å². The molecule has 2 heterocycles. The minimum Gasteiger partial charge on any atom is -0.360 e. The van der Waals surface area contributed by atoms with E-state index >= 15 is 0 Å². The van der Waals surface area contributed by atoms with E-state index in [2.05, 4.69) is 20.8 Å². The number of nitrogens with zero attached hydrogens (tertiary/aromatic N) is 2. The molecule has 0 spiro atoms. The standard InChI is InChI=1S/C13H16N4O2/c1-10-8-12(17-19-10)16-13(18)4-7-15-9-11-2-5-14-6-3-11/h2-3,5-6,8,15H,4,7,9H2,1H3,(H,16,17,18). The number of aromatic nitrogens is 2. The second-order valence-electron chi connectivity index (χ2n) is 4.15. The average molecular weight is 260 g/mol. The first kappa shape index (κ1) is 13.2. The maximum atomic E-state index is 11.6. The Morgan fingerprint density at radius 1 is 1.37 bits per heavy atom. The molecule has 0 aliphatic rings. The van der Waals surface area contributed by atoms with Crippen molar-refractivity contribution in [3.8, 4) is 0 Å². The summed E-state index contributed by atoms with van der Waals surface area (Å²) in [5.41, 5.74) is 1.14. The number of carbonyl (C=O) groups is 1. The predicted octanol–water partition coefficient (Wildman–Crippen LogP) is 1.50. The van der Waals surface area contributed by atoms with E-state index < -0.39 is 0 Å². The highest BCUT2D eigenvalue weighted by Crippen LogP contribution is 2.06. The van der Waals surface area contributed by atoms with Crippen LogP contribution in [0.4, 0.5) is 5.82 Å². The molecule has 2 aromatic rings. The molecule has 1 amide bonds. The third kappa shape index (κ3) is 4.51. The van der Waals surface area contributed by atoms with E-state index in [9.17, 15) is 4.79 Å². The Morgan fingerprint density at radius 3 is 2.84 bits per heavy atom. The van der Waals surface area contributed by atoms with E-state index in [-0.39, 0.29) is 5.91 Å². The summed E-state index contributed by atoms with van der Waals surface area (Å²) in [4.78, 5) is 15.5. The van der Waals surface area contributed by atoms with Crippen molar-refractivity contribution in [2.75, 3.05) is 11.9 Å². The zero-order valence-electron chi connectivity index (χ0n) is 10.7. The zero-order valence-corrected chi connectivity index (χ0v) is 10.7. The Labute approximate surface area is 111 Å². The van der Waals surface area contributed by atoms with Crippen LogP contribution in [-0.4, -0.2) is 22.6 Å². The fourth-order valence-corrected chi connectivity index (χ4v) is 1.57. The lowest BCUT2D eigenvalue weighted by atomic mass is 10.2. The summed E-state index contributed by atoms with van der Waals surface area (Å²) in [7, 11) is 0. The summed E-state index contributed by atoms with van der Waals surface area (Å²) in [6, 6.07) is 5.55. The maximum Gasteiger partial charge on any atom is 0.226 e. The summed E-state index contributed by atoms with van der Waals surface area (Å²) in [6.45, 7) is 3.10. The number of pyridine rings is 1. The first-order valence-corrected chi connectivity index (χ1v) is 6.07. The van der Waals surface area contributed by atoms with Gasteiger partial charge in [0.25, 0.3) is 0 Å². The lowest BCUT2D eigenvalue weighted by Crippen LogP contribution is -2.21. The lowest BCUT2D eigenvalue weighted by molar-refractivity contribution is -0.116. The molecule has 2 N–H and O–H groups in total. The average Bonchev–Trinajstić information content (AvgIpc) is 2.81. The molecule has 0 aliphatic heterocycles. The number of aryl methyl sites for hydroxylation is 1. The van der Waals surface area contributed by atoms with Gasteiger partial charge in [-0.1, -0.05) is 5.16 Å². The van der Waals surface area contributed by atoms with E-state index in [4.69, 9.17) is 4.52 Å². The van der Waals surface area contributed by atoms with Gasteiger partial charge in [-0.15, -0.1) is 0 Å². The number of nitrogens with one attached hydrogen (secondary N) is 2. The lowest BCUT2D eigenvalue weighted by Gasteiger charge is -2.04. The fraction of sp³-hybridized carbons (Fsp3) is 0.308. The van der Waals surface area contributed by atoms with Crippen LogP contribution in [-0.2, 0) is 11.3 Å². The van der Waals surface area contributed by atoms with E-state index in [0.717, 1.165) is 12.1 Å². The second-order valence-corrected chi connectivity index (χ2v) is 4.15. The van der Waals surface area contributed by atoms with Gasteiger partial charge in [-0.2, -0.15) is 0 Å². The minimum atomic E-state index is -0.0875. The molecule has 0 bridgehead atoms. The quantitative estimate of drug-likeness (QED) is 0.769. The molecule has 0 radical (unpaired) electrons. The molecule has 0 aliphatic carbocycles. The third-order valence-corrected chi connectivity index (χ3v) is 2.50. The van der Waals surface area contributed by atoms with Gasteiger partial charge in [0.05, 0.1) is 0 Å². The SMILES string of the molecule is Cc1cc(NC(=O)CCNCc2ccncc2)no1. The van der Waals surface area contributed by atoms with Crippen LogP contribution in [0.2, 0.25) is 0 Å². The molecule has 6 heteroatoms. The molecule has 0 fully saturated rings. The Bertz CT molecular complexity index is 524. The van der Waals surface area contributed by atoms with E-state index in [1.807, 2.05) is 12.1 Å². The summed E-state index contributed by atoms with van der Waals surface area (Å²) >= 11 is 0. The van der Waals surface area contributed by atoms with Crippen molar-refractivity contribution in [2.45, 2.75) is 19.9 Å². The van der Waals surface area contributed by atoms with E-state index in [1.165, 1.54) is 0 Å². The first-order chi connectivity index (χ1) is 9.24. The number of carbonyl (C=O) groups excluding carboxylic acids is 1. The van der Waals surface area contributed by atoms with Crippen molar-refractivity contribution >= 4 is 11.7 Å². The van der Waals surface area contributed by atoms with Gasteiger partial charge in [0.1, 0.15) is 5.76 Å². The Hall–Kier alpha value is -2.21. The van der Waals surface area contributed by atoms with Crippen LogP contribution in [0.3, 0.4) is 0 Å². The maximum absolute atomic E-state index is 11.6. The highest BCUT2D eigenvalue weighted by Gasteiger charge is 2.05. The molecule has 0 atom stereocenters. The number of anilines is 1. The van der Waals surface area contributed by atoms with Crippen molar-refractivity contribution in [3.63, 3.8) is 0 Å². The summed E-state index contributed by atoms with van der Waals surface area (Å²) in [5, 5.41) is 9.56. The van der Waals surface area contributed by atoms with Crippen LogP contribution in [0.25, 0.3) is 0 Å². The summed E-state index contributed by atoms with van der Waals surface area (Å²) < 4.78 is 4.86. The Kier molecular flexibility index (Phi) is 4.63. The summed E-state index contributed by atoms with van der Waals surface area (Å²) in [6.07, 6.45) is 3.88. The van der Waals surface area contributed by atoms with Crippen molar-refractivity contribution in [1.82, 2.24) is 15.5 Å². The Morgan fingerprint density at radius 2 is 2.16 bits per heavy atom. The number of rotatable bonds is 6. The highest BCUT2D eigenvalue weighted by atomic mass is 16.5. The molecule has 2 rings (SSSR count). The Balaban J connectivity index is 1.64. The number of hydrogen-bond donors (Lipinski definition) is 2. The van der Waals surface area contributed by atoms with Gasteiger partial charge in [-0.05, 0) is 24.6 Å². The van der Waals surface area contributed by atoms with Crippen molar-refractivity contribution < 1.29 is 9.32 Å². The van der Waals surface area contributed by atoms with Gasteiger partial charge in [0, 0.05) is 38.0 Å². The van der Waals surface area contributed by atoms with Gasteiger partial charge in [0.15, 0.2) is 5.82 Å². The van der Waals surface area contributed by atoms with Crippen LogP contribution >= 0.6 is 0 Å². The normalized spacial score (nSPS) is 10.4. The van der Waals surface area contributed by atoms with Gasteiger partial charge in [-0.3, -0.25) is 9.78 Å². The van der Waals surface area contributed by atoms with Crippen molar-refractivity contribution in [3.05, 3.63) is 41.9 Å². The molecule has 6 nitrogen and oxygen atoms in total. The van der Waals surface area contributed by atoms with E-state index in [0.29, 0.717) is 24.5 Å². The molecule has 19 heavy (non-hydrogen) atoms. The largest absolute Gasteiger partial charge is 0.360 e. The van der Waals surface area contributed by atoms with E-state index in [1.54, 1.807) is 25.4 Å². The molecular weight excluding hydrogens is 244 g/mol. The molecule has 0 saturated carbocycles.